The number of rotatable bonds is 5. The molecule has 110 valence electrons. The van der Waals surface area contributed by atoms with Gasteiger partial charge in [-0.3, -0.25) is 10.6 Å². The van der Waals surface area contributed by atoms with Crippen LogP contribution in [0.4, 0.5) is 14.5 Å². The number of carbonyl (C=O) groups excluding carboxylic acids is 1. The zero-order chi connectivity index (χ0) is 15.2. The lowest BCUT2D eigenvalue weighted by Gasteiger charge is -2.09. The van der Waals surface area contributed by atoms with E-state index in [0.717, 1.165) is 6.07 Å². The number of anilines is 1. The first-order valence-electron chi connectivity index (χ1n) is 6.39. The molecule has 21 heavy (non-hydrogen) atoms. The maximum absolute atomic E-state index is 13.0. The van der Waals surface area contributed by atoms with E-state index in [-0.39, 0.29) is 12.5 Å². The Morgan fingerprint density at radius 3 is 2.43 bits per heavy atom. The second-order valence-corrected chi connectivity index (χ2v) is 4.47. The molecule has 0 fully saturated rings. The first-order chi connectivity index (χ1) is 10.1. The van der Waals surface area contributed by atoms with Crippen molar-refractivity contribution in [3.8, 4) is 0 Å². The number of benzene rings is 2. The topological polar surface area (TPSA) is 67.1 Å². The molecule has 0 spiro atoms. The number of nitrogens with two attached hydrogens (primary N) is 1. The average Bonchev–Trinajstić information content (AvgIpc) is 2.46. The lowest BCUT2D eigenvalue weighted by Crippen LogP contribution is -2.27. The number of halogens is 2. The number of amides is 1. The smallest absolute Gasteiger partial charge is 0.253 e. The van der Waals surface area contributed by atoms with Crippen LogP contribution in [0.2, 0.25) is 0 Å². The highest BCUT2D eigenvalue weighted by atomic mass is 19.1. The highest BCUT2D eigenvalue weighted by Crippen LogP contribution is 2.13. The maximum Gasteiger partial charge on any atom is 0.253 e. The van der Waals surface area contributed by atoms with Gasteiger partial charge in [0, 0.05) is 12.6 Å². The molecule has 4 N–H and O–H groups in total. The Morgan fingerprint density at radius 1 is 1.10 bits per heavy atom. The van der Waals surface area contributed by atoms with Crippen LogP contribution in [0.3, 0.4) is 0 Å². The van der Waals surface area contributed by atoms with Gasteiger partial charge in [-0.15, -0.1) is 0 Å². The predicted octanol–water partition coefficient (Wildman–Crippen LogP) is 2.22. The fraction of sp³-hybridized carbons (Fsp3) is 0.133. The molecule has 0 saturated heterocycles. The van der Waals surface area contributed by atoms with Crippen molar-refractivity contribution in [3.63, 3.8) is 0 Å². The van der Waals surface area contributed by atoms with E-state index in [1.54, 1.807) is 24.3 Å². The summed E-state index contributed by atoms with van der Waals surface area (Å²) >= 11 is 0. The van der Waals surface area contributed by atoms with Crippen molar-refractivity contribution in [3.05, 3.63) is 65.2 Å². The van der Waals surface area contributed by atoms with Gasteiger partial charge in [-0.05, 0) is 36.2 Å². The molecule has 0 aromatic heterocycles. The molecule has 0 unspecified atom stereocenters. The van der Waals surface area contributed by atoms with E-state index in [2.05, 4.69) is 10.7 Å². The summed E-state index contributed by atoms with van der Waals surface area (Å²) in [6, 6.07) is 10.1. The van der Waals surface area contributed by atoms with Crippen LogP contribution in [0.5, 0.6) is 0 Å². The van der Waals surface area contributed by atoms with Crippen molar-refractivity contribution in [1.82, 2.24) is 5.32 Å². The van der Waals surface area contributed by atoms with Gasteiger partial charge in [-0.1, -0.05) is 12.1 Å². The first kappa shape index (κ1) is 14.9. The van der Waals surface area contributed by atoms with Gasteiger partial charge in [0.05, 0.1) is 11.3 Å². The molecule has 0 atom stereocenters. The largest absolute Gasteiger partial charge is 0.352 e. The van der Waals surface area contributed by atoms with E-state index in [0.29, 0.717) is 23.2 Å². The molecule has 0 heterocycles. The lowest BCUT2D eigenvalue weighted by molar-refractivity contribution is 0.0955. The summed E-state index contributed by atoms with van der Waals surface area (Å²) in [5.41, 5.74) is 3.84. The van der Waals surface area contributed by atoms with E-state index in [4.69, 9.17) is 5.84 Å². The summed E-state index contributed by atoms with van der Waals surface area (Å²) in [7, 11) is 0. The highest BCUT2D eigenvalue weighted by Gasteiger charge is 2.09. The van der Waals surface area contributed by atoms with E-state index in [9.17, 15) is 13.6 Å². The summed E-state index contributed by atoms with van der Waals surface area (Å²) in [5, 5.41) is 2.68. The van der Waals surface area contributed by atoms with Gasteiger partial charge in [0.15, 0.2) is 0 Å². The summed E-state index contributed by atoms with van der Waals surface area (Å²) in [6.07, 6.45) is 0.332. The number of carbonyl (C=O) groups is 1. The Kier molecular flexibility index (Phi) is 4.84. The number of hydrogen-bond acceptors (Lipinski definition) is 3. The molecule has 2 aromatic carbocycles. The summed E-state index contributed by atoms with van der Waals surface area (Å²) in [4.78, 5) is 12.0. The van der Waals surface area contributed by atoms with Crippen LogP contribution in [0.25, 0.3) is 0 Å². The molecule has 6 heteroatoms. The molecule has 2 rings (SSSR count). The van der Waals surface area contributed by atoms with Gasteiger partial charge < -0.3 is 10.7 Å². The van der Waals surface area contributed by atoms with Crippen molar-refractivity contribution in [2.24, 2.45) is 5.84 Å². The van der Waals surface area contributed by atoms with Crippen molar-refractivity contribution in [1.29, 1.82) is 0 Å². The number of hydrogen-bond donors (Lipinski definition) is 3. The fourth-order valence-corrected chi connectivity index (χ4v) is 1.98. The summed E-state index contributed by atoms with van der Waals surface area (Å²) in [5.74, 6) is 3.76. The molecule has 1 amide bonds. The van der Waals surface area contributed by atoms with Gasteiger partial charge in [-0.25, -0.2) is 8.78 Å². The average molecular weight is 291 g/mol. The van der Waals surface area contributed by atoms with Crippen LogP contribution in [-0.2, 0) is 6.42 Å². The molecule has 4 nitrogen and oxygen atoms in total. The molecule has 0 aliphatic heterocycles. The SMILES string of the molecule is NNc1ccccc1C(=O)NCCc1cc(F)cc(F)c1. The monoisotopic (exact) mass is 291 g/mol. The quantitative estimate of drug-likeness (QED) is 0.584. The fourth-order valence-electron chi connectivity index (χ4n) is 1.98. The maximum atomic E-state index is 13.0. The Hall–Kier alpha value is -2.47. The molecule has 2 aromatic rings. The highest BCUT2D eigenvalue weighted by molar-refractivity contribution is 5.99. The van der Waals surface area contributed by atoms with Crippen molar-refractivity contribution < 1.29 is 13.6 Å². The van der Waals surface area contributed by atoms with Crippen LogP contribution in [0, 0.1) is 11.6 Å². The Balaban J connectivity index is 1.95. The molecule has 0 aliphatic rings. The second kappa shape index (κ2) is 6.81. The van der Waals surface area contributed by atoms with Gasteiger partial charge in [0.2, 0.25) is 0 Å². The Morgan fingerprint density at radius 2 is 1.76 bits per heavy atom. The summed E-state index contributed by atoms with van der Waals surface area (Å²) in [6.45, 7) is 0.265. The van der Waals surface area contributed by atoms with E-state index in [1.165, 1.54) is 12.1 Å². The van der Waals surface area contributed by atoms with Crippen LogP contribution >= 0.6 is 0 Å². The third-order valence-corrected chi connectivity index (χ3v) is 2.95. The lowest BCUT2D eigenvalue weighted by atomic mass is 10.1. The van der Waals surface area contributed by atoms with Gasteiger partial charge in [-0.2, -0.15) is 0 Å². The standard InChI is InChI=1S/C15H15F2N3O/c16-11-7-10(8-12(17)9-11)5-6-19-15(21)13-3-1-2-4-14(13)20-18/h1-4,7-9,20H,5-6,18H2,(H,19,21). The van der Waals surface area contributed by atoms with Crippen molar-refractivity contribution >= 4 is 11.6 Å². The Bertz CT molecular complexity index is 626. The minimum Gasteiger partial charge on any atom is -0.352 e. The van der Waals surface area contributed by atoms with Gasteiger partial charge >= 0.3 is 0 Å². The van der Waals surface area contributed by atoms with Crippen molar-refractivity contribution in [2.75, 3.05) is 12.0 Å². The van der Waals surface area contributed by atoms with E-state index < -0.39 is 11.6 Å². The van der Waals surface area contributed by atoms with Crippen molar-refractivity contribution in [2.45, 2.75) is 6.42 Å². The molecule has 0 aliphatic carbocycles. The van der Waals surface area contributed by atoms with Crippen LogP contribution in [-0.4, -0.2) is 12.5 Å². The zero-order valence-corrected chi connectivity index (χ0v) is 11.2. The van der Waals surface area contributed by atoms with E-state index in [1.807, 2.05) is 0 Å². The number of nitrogens with one attached hydrogen (secondary N) is 2. The Labute approximate surface area is 120 Å². The van der Waals surface area contributed by atoms with E-state index >= 15 is 0 Å². The molecule has 0 radical (unpaired) electrons. The zero-order valence-electron chi connectivity index (χ0n) is 11.2. The van der Waals surface area contributed by atoms with Crippen LogP contribution in [0.15, 0.2) is 42.5 Å². The summed E-state index contributed by atoms with van der Waals surface area (Å²) < 4.78 is 26.1. The normalized spacial score (nSPS) is 10.2. The van der Waals surface area contributed by atoms with Crippen LogP contribution < -0.4 is 16.6 Å². The van der Waals surface area contributed by atoms with Gasteiger partial charge in [0.1, 0.15) is 11.6 Å². The molecular formula is C15H15F2N3O. The number of para-hydroxylation sites is 1. The molecular weight excluding hydrogens is 276 g/mol. The third kappa shape index (κ3) is 4.00. The number of nitrogen functional groups attached to an aromatic ring is 1. The minimum absolute atomic E-state index is 0.265. The third-order valence-electron chi connectivity index (χ3n) is 2.95. The van der Waals surface area contributed by atoms with Gasteiger partial charge in [0.25, 0.3) is 5.91 Å². The van der Waals surface area contributed by atoms with Crippen LogP contribution in [0.1, 0.15) is 15.9 Å². The molecule has 0 bridgehead atoms. The molecule has 0 saturated carbocycles. The first-order valence-corrected chi connectivity index (χ1v) is 6.39. The minimum atomic E-state index is -0.631. The second-order valence-electron chi connectivity index (χ2n) is 4.47. The predicted molar refractivity (Wildman–Crippen MR) is 76.6 cm³/mol. The number of hydrazine groups is 1.